The molecule has 2 heteroatoms. The fourth-order valence-corrected chi connectivity index (χ4v) is 2.05. The molecule has 0 aliphatic carbocycles. The van der Waals surface area contributed by atoms with Crippen LogP contribution in [0.15, 0.2) is 30.3 Å². The normalized spacial score (nSPS) is 10.2. The number of aromatic amines is 1. The molecule has 0 fully saturated rings. The van der Waals surface area contributed by atoms with E-state index >= 15 is 0 Å². The molecule has 1 heterocycles. The van der Waals surface area contributed by atoms with Crippen LogP contribution in [0.5, 0.6) is 0 Å². The zero-order valence-electron chi connectivity index (χ0n) is 10.2. The summed E-state index contributed by atoms with van der Waals surface area (Å²) in [6.45, 7) is 11.2. The van der Waals surface area contributed by atoms with E-state index in [1.807, 2.05) is 24.3 Å². The Morgan fingerprint density at radius 3 is 2.53 bits per heavy atom. The number of aromatic nitrogens is 1. The molecule has 1 N–H and O–H groups in total. The lowest BCUT2D eigenvalue weighted by molar-refractivity contribution is 0.888. The molecule has 86 valence electrons. The Balaban J connectivity index is 2.35. The highest BCUT2D eigenvalue weighted by atomic mass is 14.7. The number of rotatable bonds is 3. The van der Waals surface area contributed by atoms with E-state index in [0.29, 0.717) is 5.69 Å². The van der Waals surface area contributed by atoms with Gasteiger partial charge in [0.05, 0.1) is 6.57 Å². The topological polar surface area (TPSA) is 20.1 Å². The standard InChI is InChI=1S/C15H16N2/c1-4-5-14-10-15(11(2)17-14)12-6-8-13(16-3)9-7-12/h6-10,17H,4-5H2,1-2H3. The summed E-state index contributed by atoms with van der Waals surface area (Å²) in [5, 5.41) is 0. The van der Waals surface area contributed by atoms with Crippen molar-refractivity contribution in [2.24, 2.45) is 0 Å². The molecule has 2 rings (SSSR count). The van der Waals surface area contributed by atoms with E-state index in [2.05, 4.69) is 29.7 Å². The SMILES string of the molecule is [C-]#[N+]c1ccc(-c2cc(CCC)[nH]c2C)cc1. The molecule has 0 amide bonds. The number of benzene rings is 1. The highest BCUT2D eigenvalue weighted by Gasteiger charge is 2.06. The van der Waals surface area contributed by atoms with Crippen molar-refractivity contribution in [2.45, 2.75) is 26.7 Å². The maximum absolute atomic E-state index is 6.94. The molecule has 1 aromatic heterocycles. The number of hydrogen-bond donors (Lipinski definition) is 1. The summed E-state index contributed by atoms with van der Waals surface area (Å²) < 4.78 is 0. The van der Waals surface area contributed by atoms with Gasteiger partial charge in [-0.2, -0.15) is 0 Å². The van der Waals surface area contributed by atoms with Crippen molar-refractivity contribution in [2.75, 3.05) is 0 Å². The third-order valence-electron chi connectivity index (χ3n) is 2.90. The van der Waals surface area contributed by atoms with Crippen LogP contribution < -0.4 is 0 Å². The monoisotopic (exact) mass is 224 g/mol. The predicted molar refractivity (Wildman–Crippen MR) is 71.2 cm³/mol. The maximum Gasteiger partial charge on any atom is 0.187 e. The molecule has 17 heavy (non-hydrogen) atoms. The molecule has 0 atom stereocenters. The van der Waals surface area contributed by atoms with Gasteiger partial charge in [0.1, 0.15) is 0 Å². The maximum atomic E-state index is 6.94. The number of aryl methyl sites for hydroxylation is 2. The minimum atomic E-state index is 0.690. The van der Waals surface area contributed by atoms with E-state index in [1.54, 1.807) is 0 Å². The molecule has 0 unspecified atom stereocenters. The molecule has 2 nitrogen and oxygen atoms in total. The lowest BCUT2D eigenvalue weighted by atomic mass is 10.1. The summed E-state index contributed by atoms with van der Waals surface area (Å²) in [6.07, 6.45) is 2.23. The average Bonchev–Trinajstić information content (AvgIpc) is 2.71. The number of nitrogens with zero attached hydrogens (tertiary/aromatic N) is 1. The molecule has 2 aromatic rings. The Kier molecular flexibility index (Phi) is 3.30. The van der Waals surface area contributed by atoms with Crippen molar-refractivity contribution in [3.05, 3.63) is 53.1 Å². The third kappa shape index (κ3) is 2.39. The molecule has 0 saturated carbocycles. The Bertz CT molecular complexity index is 541. The molecule has 0 aliphatic rings. The molecule has 0 bridgehead atoms. The quantitative estimate of drug-likeness (QED) is 0.741. The van der Waals surface area contributed by atoms with Crippen LogP contribution in [-0.4, -0.2) is 4.98 Å². The lowest BCUT2D eigenvalue weighted by Gasteiger charge is -1.99. The van der Waals surface area contributed by atoms with Crippen molar-refractivity contribution >= 4 is 5.69 Å². The van der Waals surface area contributed by atoms with Gasteiger partial charge in [-0.15, -0.1) is 0 Å². The van der Waals surface area contributed by atoms with Gasteiger partial charge in [-0.3, -0.25) is 0 Å². The molecule has 0 radical (unpaired) electrons. The van der Waals surface area contributed by atoms with Crippen molar-refractivity contribution in [3.63, 3.8) is 0 Å². The van der Waals surface area contributed by atoms with Gasteiger partial charge in [0.25, 0.3) is 0 Å². The Labute approximate surface area is 102 Å². The van der Waals surface area contributed by atoms with E-state index in [4.69, 9.17) is 6.57 Å². The summed E-state index contributed by atoms with van der Waals surface area (Å²) in [5.41, 5.74) is 5.59. The summed E-state index contributed by atoms with van der Waals surface area (Å²) >= 11 is 0. The van der Waals surface area contributed by atoms with E-state index in [1.165, 1.54) is 22.5 Å². The van der Waals surface area contributed by atoms with Crippen molar-refractivity contribution in [1.82, 2.24) is 4.98 Å². The van der Waals surface area contributed by atoms with Gasteiger partial charge < -0.3 is 4.98 Å². The van der Waals surface area contributed by atoms with Crippen LogP contribution in [0.3, 0.4) is 0 Å². The number of hydrogen-bond acceptors (Lipinski definition) is 0. The fourth-order valence-electron chi connectivity index (χ4n) is 2.05. The first-order valence-electron chi connectivity index (χ1n) is 5.91. The van der Waals surface area contributed by atoms with Gasteiger partial charge >= 0.3 is 0 Å². The second-order valence-corrected chi connectivity index (χ2v) is 4.24. The van der Waals surface area contributed by atoms with Gasteiger partial charge in [0.2, 0.25) is 0 Å². The van der Waals surface area contributed by atoms with Crippen LogP contribution in [-0.2, 0) is 6.42 Å². The second kappa shape index (κ2) is 4.88. The molecule has 0 spiro atoms. The second-order valence-electron chi connectivity index (χ2n) is 4.24. The van der Waals surface area contributed by atoms with Gasteiger partial charge in [0, 0.05) is 17.0 Å². The number of H-pyrrole nitrogens is 1. The summed E-state index contributed by atoms with van der Waals surface area (Å²) in [4.78, 5) is 6.82. The molecule has 0 aliphatic heterocycles. The first kappa shape index (κ1) is 11.5. The van der Waals surface area contributed by atoms with E-state index in [0.717, 1.165) is 12.8 Å². The smallest absolute Gasteiger partial charge is 0.187 e. The van der Waals surface area contributed by atoms with E-state index in [-0.39, 0.29) is 0 Å². The Hall–Kier alpha value is -2.01. The lowest BCUT2D eigenvalue weighted by Crippen LogP contribution is -1.81. The summed E-state index contributed by atoms with van der Waals surface area (Å²) in [5.74, 6) is 0. The van der Waals surface area contributed by atoms with Gasteiger partial charge in [-0.1, -0.05) is 37.6 Å². The van der Waals surface area contributed by atoms with Crippen molar-refractivity contribution in [1.29, 1.82) is 0 Å². The van der Waals surface area contributed by atoms with Crippen molar-refractivity contribution in [3.8, 4) is 11.1 Å². The highest BCUT2D eigenvalue weighted by molar-refractivity contribution is 5.69. The minimum absolute atomic E-state index is 0.690. The molecule has 1 aromatic carbocycles. The van der Waals surface area contributed by atoms with Crippen molar-refractivity contribution < 1.29 is 0 Å². The van der Waals surface area contributed by atoms with E-state index < -0.39 is 0 Å². The Morgan fingerprint density at radius 2 is 1.94 bits per heavy atom. The van der Waals surface area contributed by atoms with Gasteiger partial charge in [0.15, 0.2) is 5.69 Å². The van der Waals surface area contributed by atoms with E-state index in [9.17, 15) is 0 Å². The highest BCUT2D eigenvalue weighted by Crippen LogP contribution is 2.26. The predicted octanol–water partition coefficient (Wildman–Crippen LogP) is 4.49. The zero-order chi connectivity index (χ0) is 12.3. The van der Waals surface area contributed by atoms with Crippen LogP contribution >= 0.6 is 0 Å². The summed E-state index contributed by atoms with van der Waals surface area (Å²) in [6, 6.07) is 9.98. The van der Waals surface area contributed by atoms with Crippen LogP contribution in [0.4, 0.5) is 5.69 Å². The third-order valence-corrected chi connectivity index (χ3v) is 2.90. The fraction of sp³-hybridized carbons (Fsp3) is 0.267. The first-order valence-corrected chi connectivity index (χ1v) is 5.91. The summed E-state index contributed by atoms with van der Waals surface area (Å²) in [7, 11) is 0. The van der Waals surface area contributed by atoms with Crippen LogP contribution in [0.25, 0.3) is 16.0 Å². The largest absolute Gasteiger partial charge is 0.362 e. The van der Waals surface area contributed by atoms with Gasteiger partial charge in [-0.25, -0.2) is 4.85 Å². The molecule has 0 saturated heterocycles. The zero-order valence-corrected chi connectivity index (χ0v) is 10.2. The minimum Gasteiger partial charge on any atom is -0.362 e. The van der Waals surface area contributed by atoms with Gasteiger partial charge in [-0.05, 0) is 25.0 Å². The molecular formula is C15H16N2. The molecular weight excluding hydrogens is 208 g/mol. The first-order chi connectivity index (χ1) is 8.24. The van der Waals surface area contributed by atoms with Crippen LogP contribution in [0, 0.1) is 13.5 Å². The Morgan fingerprint density at radius 1 is 1.24 bits per heavy atom. The average molecular weight is 224 g/mol. The van der Waals surface area contributed by atoms with Crippen LogP contribution in [0.2, 0.25) is 0 Å². The number of nitrogens with one attached hydrogen (secondary N) is 1. The van der Waals surface area contributed by atoms with Crippen LogP contribution in [0.1, 0.15) is 24.7 Å².